The number of halogens is 1. The van der Waals surface area contributed by atoms with Crippen LogP contribution in [0.3, 0.4) is 0 Å². The van der Waals surface area contributed by atoms with Gasteiger partial charge in [0.2, 0.25) is 0 Å². The average molecular weight is 219 g/mol. The molecule has 2 aliphatic carbocycles. The molecule has 0 saturated heterocycles. The van der Waals surface area contributed by atoms with Crippen molar-refractivity contribution in [3.05, 3.63) is 35.1 Å². The fourth-order valence-electron chi connectivity index (χ4n) is 2.81. The Bertz CT molecular complexity index is 398. The number of hydrogen-bond acceptors (Lipinski definition) is 1. The van der Waals surface area contributed by atoms with Crippen molar-refractivity contribution in [2.24, 2.45) is 5.92 Å². The second-order valence-corrected chi connectivity index (χ2v) is 5.23. The number of fused-ring (bicyclic) bond motifs is 1. The third kappa shape index (κ3) is 1.86. The summed E-state index contributed by atoms with van der Waals surface area (Å²) in [5, 5.41) is 3.69. The predicted molar refractivity (Wildman–Crippen MR) is 62.8 cm³/mol. The van der Waals surface area contributed by atoms with Gasteiger partial charge in [-0.2, -0.15) is 0 Å². The van der Waals surface area contributed by atoms with Gasteiger partial charge < -0.3 is 5.32 Å². The van der Waals surface area contributed by atoms with Gasteiger partial charge in [-0.1, -0.05) is 6.07 Å². The lowest BCUT2D eigenvalue weighted by Gasteiger charge is -2.20. The van der Waals surface area contributed by atoms with Crippen LogP contribution in [0.4, 0.5) is 4.39 Å². The van der Waals surface area contributed by atoms with Crippen molar-refractivity contribution >= 4 is 0 Å². The van der Waals surface area contributed by atoms with E-state index < -0.39 is 0 Å². The summed E-state index contributed by atoms with van der Waals surface area (Å²) >= 11 is 0. The number of aryl methyl sites for hydroxylation is 1. The highest BCUT2D eigenvalue weighted by Gasteiger charge is 2.31. The largest absolute Gasteiger partial charge is 0.307 e. The van der Waals surface area contributed by atoms with E-state index in [1.54, 1.807) is 12.1 Å². The van der Waals surface area contributed by atoms with Crippen molar-refractivity contribution < 1.29 is 4.39 Å². The van der Waals surface area contributed by atoms with Crippen LogP contribution in [0.25, 0.3) is 0 Å². The molecule has 0 heterocycles. The molecule has 1 fully saturated rings. The maximum Gasteiger partial charge on any atom is 0.123 e. The van der Waals surface area contributed by atoms with Crippen LogP contribution in [0.2, 0.25) is 0 Å². The molecule has 1 saturated carbocycles. The topological polar surface area (TPSA) is 12.0 Å². The Kier molecular flexibility index (Phi) is 2.47. The molecule has 3 rings (SSSR count). The normalized spacial score (nSPS) is 25.5. The third-order valence-corrected chi connectivity index (χ3v) is 3.98. The van der Waals surface area contributed by atoms with Crippen LogP contribution in [-0.4, -0.2) is 6.04 Å². The summed E-state index contributed by atoms with van der Waals surface area (Å²) < 4.78 is 13.1. The van der Waals surface area contributed by atoms with Gasteiger partial charge in [0.15, 0.2) is 0 Å². The second kappa shape index (κ2) is 3.85. The van der Waals surface area contributed by atoms with E-state index in [4.69, 9.17) is 0 Å². The Hall–Kier alpha value is -0.890. The molecular formula is C14H18FN. The van der Waals surface area contributed by atoms with E-state index >= 15 is 0 Å². The first-order valence-electron chi connectivity index (χ1n) is 6.28. The second-order valence-electron chi connectivity index (χ2n) is 5.23. The van der Waals surface area contributed by atoms with Crippen LogP contribution < -0.4 is 5.32 Å². The molecule has 2 heteroatoms. The summed E-state index contributed by atoms with van der Waals surface area (Å²) in [6.45, 7) is 2.28. The van der Waals surface area contributed by atoms with Crippen molar-refractivity contribution in [1.29, 1.82) is 0 Å². The van der Waals surface area contributed by atoms with Gasteiger partial charge in [0, 0.05) is 12.1 Å². The van der Waals surface area contributed by atoms with Gasteiger partial charge in [0.25, 0.3) is 0 Å². The van der Waals surface area contributed by atoms with E-state index in [9.17, 15) is 4.39 Å². The number of benzene rings is 1. The molecule has 16 heavy (non-hydrogen) atoms. The zero-order valence-corrected chi connectivity index (χ0v) is 9.67. The van der Waals surface area contributed by atoms with Crippen LogP contribution >= 0.6 is 0 Å². The van der Waals surface area contributed by atoms with Crippen LogP contribution in [0.1, 0.15) is 43.4 Å². The lowest BCUT2D eigenvalue weighted by molar-refractivity contribution is 0.421. The van der Waals surface area contributed by atoms with Crippen LogP contribution in [0.5, 0.6) is 0 Å². The standard InChI is InChI=1S/C14H18FN/c1-9(10-2-3-10)16-14-7-4-11-8-12(15)5-6-13(11)14/h5-6,8-10,14,16H,2-4,7H2,1H3. The highest BCUT2D eigenvalue weighted by molar-refractivity contribution is 5.35. The van der Waals surface area contributed by atoms with Crippen LogP contribution in [0, 0.1) is 11.7 Å². The van der Waals surface area contributed by atoms with Gasteiger partial charge in [-0.05, 0) is 61.8 Å². The van der Waals surface area contributed by atoms with E-state index in [0.717, 1.165) is 18.8 Å². The van der Waals surface area contributed by atoms with Crippen LogP contribution in [0.15, 0.2) is 18.2 Å². The number of rotatable bonds is 3. The highest BCUT2D eigenvalue weighted by Crippen LogP contribution is 2.36. The maximum absolute atomic E-state index is 13.1. The van der Waals surface area contributed by atoms with Crippen molar-refractivity contribution in [1.82, 2.24) is 5.32 Å². The highest BCUT2D eigenvalue weighted by atomic mass is 19.1. The molecule has 1 N–H and O–H groups in total. The number of hydrogen-bond donors (Lipinski definition) is 1. The van der Waals surface area contributed by atoms with Gasteiger partial charge in [0.05, 0.1) is 0 Å². The minimum absolute atomic E-state index is 0.102. The van der Waals surface area contributed by atoms with Crippen molar-refractivity contribution in [3.63, 3.8) is 0 Å². The molecule has 2 aliphatic rings. The summed E-state index contributed by atoms with van der Waals surface area (Å²) in [4.78, 5) is 0. The maximum atomic E-state index is 13.1. The van der Waals surface area contributed by atoms with Crippen molar-refractivity contribution in [2.45, 2.75) is 44.7 Å². The molecule has 0 amide bonds. The smallest absolute Gasteiger partial charge is 0.123 e. The minimum atomic E-state index is -0.102. The lowest BCUT2D eigenvalue weighted by atomic mass is 10.1. The van der Waals surface area contributed by atoms with Gasteiger partial charge in [-0.25, -0.2) is 4.39 Å². The van der Waals surface area contributed by atoms with E-state index in [0.29, 0.717) is 12.1 Å². The minimum Gasteiger partial charge on any atom is -0.307 e. The van der Waals surface area contributed by atoms with Gasteiger partial charge in [-0.15, -0.1) is 0 Å². The molecule has 0 radical (unpaired) electrons. The fraction of sp³-hybridized carbons (Fsp3) is 0.571. The summed E-state index contributed by atoms with van der Waals surface area (Å²) in [5.74, 6) is 0.777. The van der Waals surface area contributed by atoms with Crippen molar-refractivity contribution in [2.75, 3.05) is 0 Å². The molecule has 1 aromatic rings. The SMILES string of the molecule is CC(NC1CCc2cc(F)ccc21)C1CC1. The van der Waals surface area contributed by atoms with E-state index in [2.05, 4.69) is 12.2 Å². The molecule has 0 spiro atoms. The quantitative estimate of drug-likeness (QED) is 0.823. The van der Waals surface area contributed by atoms with E-state index in [1.807, 2.05) is 6.07 Å². The molecule has 1 aromatic carbocycles. The summed E-state index contributed by atoms with van der Waals surface area (Å²) in [5.41, 5.74) is 2.51. The Labute approximate surface area is 96.1 Å². The lowest BCUT2D eigenvalue weighted by Crippen LogP contribution is -2.30. The first-order valence-corrected chi connectivity index (χ1v) is 6.28. The Morgan fingerprint density at radius 2 is 2.12 bits per heavy atom. The molecule has 0 aliphatic heterocycles. The summed E-state index contributed by atoms with van der Waals surface area (Å²) in [6.07, 6.45) is 4.88. The first-order chi connectivity index (χ1) is 7.74. The Morgan fingerprint density at radius 3 is 2.88 bits per heavy atom. The molecular weight excluding hydrogens is 201 g/mol. The monoisotopic (exact) mass is 219 g/mol. The van der Waals surface area contributed by atoms with E-state index in [1.165, 1.54) is 24.0 Å². The molecule has 0 bridgehead atoms. The first kappa shape index (κ1) is 10.3. The molecule has 0 aromatic heterocycles. The van der Waals surface area contributed by atoms with Crippen LogP contribution in [-0.2, 0) is 6.42 Å². The van der Waals surface area contributed by atoms with Gasteiger partial charge in [0.1, 0.15) is 5.82 Å². The van der Waals surface area contributed by atoms with Gasteiger partial charge in [-0.3, -0.25) is 0 Å². The predicted octanol–water partition coefficient (Wildman–Crippen LogP) is 3.20. The molecule has 2 unspecified atom stereocenters. The summed E-state index contributed by atoms with van der Waals surface area (Å²) in [7, 11) is 0. The fourth-order valence-corrected chi connectivity index (χ4v) is 2.81. The number of nitrogens with one attached hydrogen (secondary N) is 1. The zero-order chi connectivity index (χ0) is 11.1. The summed E-state index contributed by atoms with van der Waals surface area (Å²) in [6, 6.07) is 6.29. The molecule has 2 atom stereocenters. The van der Waals surface area contributed by atoms with E-state index in [-0.39, 0.29) is 5.82 Å². The molecule has 1 nitrogen and oxygen atoms in total. The Balaban J connectivity index is 1.75. The third-order valence-electron chi connectivity index (χ3n) is 3.98. The zero-order valence-electron chi connectivity index (χ0n) is 9.67. The molecule has 86 valence electrons. The average Bonchev–Trinajstić information content (AvgIpc) is 3.03. The Morgan fingerprint density at radius 1 is 1.31 bits per heavy atom. The van der Waals surface area contributed by atoms with Gasteiger partial charge >= 0.3 is 0 Å². The van der Waals surface area contributed by atoms with Crippen molar-refractivity contribution in [3.8, 4) is 0 Å².